The Labute approximate surface area is 155 Å². The number of aromatic nitrogens is 2. The van der Waals surface area contributed by atoms with Crippen molar-refractivity contribution in [2.75, 3.05) is 5.32 Å². The highest BCUT2D eigenvalue weighted by atomic mass is 32.1. The maximum Gasteiger partial charge on any atom is 0.142 e. The molecule has 0 unspecified atom stereocenters. The predicted molar refractivity (Wildman–Crippen MR) is 106 cm³/mol. The Morgan fingerprint density at radius 3 is 2.54 bits per heavy atom. The minimum atomic E-state index is 0.811. The van der Waals surface area contributed by atoms with Crippen LogP contribution in [0.1, 0.15) is 16.9 Å². The van der Waals surface area contributed by atoms with Crippen LogP contribution in [0.3, 0.4) is 0 Å². The smallest absolute Gasteiger partial charge is 0.142 e. The summed E-state index contributed by atoms with van der Waals surface area (Å²) in [5, 5.41) is 4.64. The quantitative estimate of drug-likeness (QED) is 0.506. The average molecular weight is 359 g/mol. The van der Waals surface area contributed by atoms with Gasteiger partial charge in [-0.3, -0.25) is 0 Å². The maximum absolute atomic E-state index is 5.85. The minimum Gasteiger partial charge on any atom is -0.457 e. The molecule has 1 N–H and O–H groups in total. The van der Waals surface area contributed by atoms with Crippen molar-refractivity contribution in [3.63, 3.8) is 0 Å². The lowest BCUT2D eigenvalue weighted by molar-refractivity contribution is 0.483. The normalized spacial score (nSPS) is 12.9. The molecule has 2 heterocycles. The number of aryl methyl sites for hydroxylation is 2. The molecule has 0 saturated heterocycles. The number of ether oxygens (including phenoxy) is 1. The van der Waals surface area contributed by atoms with E-state index in [1.165, 1.54) is 28.7 Å². The second-order valence-corrected chi connectivity index (χ2v) is 7.41. The van der Waals surface area contributed by atoms with E-state index >= 15 is 0 Å². The van der Waals surface area contributed by atoms with Gasteiger partial charge in [0.25, 0.3) is 0 Å². The number of hydrogen-bond acceptors (Lipinski definition) is 5. The van der Waals surface area contributed by atoms with Crippen molar-refractivity contribution < 1.29 is 4.74 Å². The van der Waals surface area contributed by atoms with Crippen molar-refractivity contribution in [1.29, 1.82) is 0 Å². The van der Waals surface area contributed by atoms with Crippen LogP contribution in [0.15, 0.2) is 60.9 Å². The Balaban J connectivity index is 1.41. The first kappa shape index (κ1) is 15.3. The molecule has 0 atom stereocenters. The molecule has 26 heavy (non-hydrogen) atoms. The molecule has 2 aromatic carbocycles. The average Bonchev–Trinajstić information content (AvgIpc) is 3.25. The van der Waals surface area contributed by atoms with Crippen LogP contribution in [0.5, 0.6) is 11.5 Å². The zero-order chi connectivity index (χ0) is 17.3. The molecular weight excluding hydrogens is 342 g/mol. The lowest BCUT2D eigenvalue weighted by Crippen LogP contribution is -1.96. The number of para-hydroxylation sites is 1. The van der Waals surface area contributed by atoms with E-state index in [9.17, 15) is 0 Å². The van der Waals surface area contributed by atoms with E-state index in [-0.39, 0.29) is 0 Å². The first-order valence-electron chi connectivity index (χ1n) is 8.72. The fourth-order valence-corrected chi connectivity index (χ4v) is 4.62. The van der Waals surface area contributed by atoms with Crippen molar-refractivity contribution >= 4 is 33.1 Å². The van der Waals surface area contributed by atoms with Gasteiger partial charge in [-0.1, -0.05) is 18.2 Å². The fourth-order valence-electron chi connectivity index (χ4n) is 3.39. The van der Waals surface area contributed by atoms with Gasteiger partial charge in [0, 0.05) is 10.6 Å². The molecule has 5 heteroatoms. The Morgan fingerprint density at radius 2 is 1.69 bits per heavy atom. The summed E-state index contributed by atoms with van der Waals surface area (Å²) in [6, 6.07) is 17.7. The van der Waals surface area contributed by atoms with Crippen molar-refractivity contribution in [1.82, 2.24) is 9.97 Å². The molecule has 4 nitrogen and oxygen atoms in total. The molecule has 0 aliphatic heterocycles. The summed E-state index contributed by atoms with van der Waals surface area (Å²) in [7, 11) is 0. The van der Waals surface area contributed by atoms with Crippen molar-refractivity contribution in [2.45, 2.75) is 19.3 Å². The third-order valence-electron chi connectivity index (χ3n) is 4.60. The van der Waals surface area contributed by atoms with Gasteiger partial charge < -0.3 is 10.1 Å². The number of thiophene rings is 1. The summed E-state index contributed by atoms with van der Waals surface area (Å²) in [5.41, 5.74) is 2.42. The summed E-state index contributed by atoms with van der Waals surface area (Å²) in [6.45, 7) is 0. The molecule has 128 valence electrons. The zero-order valence-corrected chi connectivity index (χ0v) is 14.9. The van der Waals surface area contributed by atoms with Gasteiger partial charge in [-0.15, -0.1) is 11.3 Å². The summed E-state index contributed by atoms with van der Waals surface area (Å²) < 4.78 is 5.85. The van der Waals surface area contributed by atoms with Crippen molar-refractivity contribution in [3.05, 3.63) is 71.4 Å². The molecule has 1 aliphatic rings. The lowest BCUT2D eigenvalue weighted by Gasteiger charge is -2.09. The molecule has 0 amide bonds. The molecule has 2 aromatic heterocycles. The summed E-state index contributed by atoms with van der Waals surface area (Å²) >= 11 is 1.80. The number of benzene rings is 2. The van der Waals surface area contributed by atoms with E-state index in [0.717, 1.165) is 34.3 Å². The maximum atomic E-state index is 5.85. The second-order valence-electron chi connectivity index (χ2n) is 6.32. The Kier molecular flexibility index (Phi) is 3.79. The van der Waals surface area contributed by atoms with Gasteiger partial charge in [0.2, 0.25) is 0 Å². The number of nitrogens with one attached hydrogen (secondary N) is 1. The Morgan fingerprint density at radius 1 is 0.885 bits per heavy atom. The van der Waals surface area contributed by atoms with E-state index in [1.54, 1.807) is 17.7 Å². The van der Waals surface area contributed by atoms with Crippen LogP contribution in [0.4, 0.5) is 11.5 Å². The van der Waals surface area contributed by atoms with Crippen LogP contribution >= 0.6 is 11.3 Å². The van der Waals surface area contributed by atoms with Crippen molar-refractivity contribution in [2.24, 2.45) is 0 Å². The van der Waals surface area contributed by atoms with Gasteiger partial charge >= 0.3 is 0 Å². The van der Waals surface area contributed by atoms with Crippen LogP contribution in [0, 0.1) is 0 Å². The molecule has 0 spiro atoms. The standard InChI is InChI=1S/C21H17N3OS/c1-2-5-15(6-3-1)25-16-11-9-14(10-12-16)24-20-19-17-7-4-8-18(17)26-21(19)23-13-22-20/h1-3,5-6,9-13H,4,7-8H2,(H,22,23,24). The Bertz CT molecular complexity index is 1060. The van der Waals surface area contributed by atoms with Crippen molar-refractivity contribution in [3.8, 4) is 11.5 Å². The van der Waals surface area contributed by atoms with Crippen LogP contribution in [-0.4, -0.2) is 9.97 Å². The number of hydrogen-bond donors (Lipinski definition) is 1. The van der Waals surface area contributed by atoms with E-state index in [0.29, 0.717) is 0 Å². The summed E-state index contributed by atoms with van der Waals surface area (Å²) in [4.78, 5) is 11.5. The Hall–Kier alpha value is -2.92. The monoisotopic (exact) mass is 359 g/mol. The molecule has 0 bridgehead atoms. The van der Waals surface area contributed by atoms with E-state index < -0.39 is 0 Å². The van der Waals surface area contributed by atoms with Crippen LogP contribution in [0.25, 0.3) is 10.2 Å². The zero-order valence-electron chi connectivity index (χ0n) is 14.1. The molecule has 0 saturated carbocycles. The second kappa shape index (κ2) is 6.42. The molecule has 1 aliphatic carbocycles. The third-order valence-corrected chi connectivity index (χ3v) is 5.80. The van der Waals surface area contributed by atoms with Gasteiger partial charge in [-0.25, -0.2) is 9.97 Å². The highest BCUT2D eigenvalue weighted by Crippen LogP contribution is 2.39. The van der Waals surface area contributed by atoms with E-state index in [1.807, 2.05) is 54.6 Å². The highest BCUT2D eigenvalue weighted by Gasteiger charge is 2.21. The van der Waals surface area contributed by atoms with E-state index in [2.05, 4.69) is 15.3 Å². The third kappa shape index (κ3) is 2.80. The molecule has 0 radical (unpaired) electrons. The topological polar surface area (TPSA) is 47.0 Å². The van der Waals surface area contributed by atoms with Crippen LogP contribution < -0.4 is 10.1 Å². The van der Waals surface area contributed by atoms with Crippen LogP contribution in [0.2, 0.25) is 0 Å². The minimum absolute atomic E-state index is 0.811. The lowest BCUT2D eigenvalue weighted by atomic mass is 10.2. The largest absolute Gasteiger partial charge is 0.457 e. The van der Waals surface area contributed by atoms with Crippen LogP contribution in [-0.2, 0) is 12.8 Å². The molecule has 0 fully saturated rings. The van der Waals surface area contributed by atoms with Gasteiger partial charge in [-0.05, 0) is 61.2 Å². The van der Waals surface area contributed by atoms with Gasteiger partial charge in [-0.2, -0.15) is 0 Å². The van der Waals surface area contributed by atoms with Gasteiger partial charge in [0.05, 0.1) is 5.39 Å². The SMILES string of the molecule is c1ccc(Oc2ccc(Nc3ncnc4sc5c(c34)CCC5)cc2)cc1. The highest BCUT2D eigenvalue weighted by molar-refractivity contribution is 7.19. The molecular formula is C21H17N3OS. The van der Waals surface area contributed by atoms with Gasteiger partial charge in [0.1, 0.15) is 28.5 Å². The fraction of sp³-hybridized carbons (Fsp3) is 0.143. The predicted octanol–water partition coefficient (Wildman–Crippen LogP) is 5.72. The molecule has 5 rings (SSSR count). The number of fused-ring (bicyclic) bond motifs is 3. The van der Waals surface area contributed by atoms with E-state index in [4.69, 9.17) is 4.74 Å². The first-order valence-corrected chi connectivity index (χ1v) is 9.54. The summed E-state index contributed by atoms with van der Waals surface area (Å²) in [5.74, 6) is 2.54. The number of rotatable bonds is 4. The first-order chi connectivity index (χ1) is 12.9. The number of nitrogens with zero attached hydrogens (tertiary/aromatic N) is 2. The number of anilines is 2. The van der Waals surface area contributed by atoms with Gasteiger partial charge in [0.15, 0.2) is 0 Å². The molecule has 4 aromatic rings. The summed E-state index contributed by atoms with van der Waals surface area (Å²) in [6.07, 6.45) is 5.17.